The number of carbonyl (C=O) groups excluding carboxylic acids is 2. The van der Waals surface area contributed by atoms with E-state index in [9.17, 15) is 18.0 Å². The lowest BCUT2D eigenvalue weighted by Gasteiger charge is -2.29. The molecule has 2 amide bonds. The quantitative estimate of drug-likeness (QED) is 0.584. The van der Waals surface area contributed by atoms with Crippen molar-refractivity contribution in [1.82, 2.24) is 4.90 Å². The van der Waals surface area contributed by atoms with E-state index >= 15 is 0 Å². The van der Waals surface area contributed by atoms with Gasteiger partial charge in [-0.25, -0.2) is 4.18 Å². The molecular formula is C8H12N2O6S. The normalized spacial score (nSPS) is 32.9. The van der Waals surface area contributed by atoms with Crippen molar-refractivity contribution in [2.75, 3.05) is 6.54 Å². The van der Waals surface area contributed by atoms with Crippen LogP contribution < -0.4 is 5.73 Å². The number of fused-ring (bicyclic) bond motifs is 2. The second-order valence-electron chi connectivity index (χ2n) is 4.19. The molecule has 2 heterocycles. The Morgan fingerprint density at radius 1 is 1.47 bits per heavy atom. The summed E-state index contributed by atoms with van der Waals surface area (Å²) in [5.41, 5.74) is 5.15. The smallest absolute Gasteiger partial charge is 0.368 e. The molecule has 0 aromatic carbocycles. The van der Waals surface area contributed by atoms with Crippen molar-refractivity contribution in [3.05, 3.63) is 0 Å². The summed E-state index contributed by atoms with van der Waals surface area (Å²) in [6, 6.07) is -0.714. The number of hydrogen-bond acceptors (Lipinski definition) is 5. The van der Waals surface area contributed by atoms with Gasteiger partial charge in [0.15, 0.2) is 6.10 Å². The van der Waals surface area contributed by atoms with E-state index in [2.05, 4.69) is 4.18 Å². The van der Waals surface area contributed by atoms with Gasteiger partial charge in [0.05, 0.1) is 0 Å². The molecule has 1 unspecified atom stereocenters. The Kier molecular flexibility index (Phi) is 2.84. The van der Waals surface area contributed by atoms with Crippen molar-refractivity contribution in [2.45, 2.75) is 25.0 Å². The summed E-state index contributed by atoms with van der Waals surface area (Å²) in [4.78, 5) is 24.1. The van der Waals surface area contributed by atoms with E-state index < -0.39 is 34.4 Å². The highest BCUT2D eigenvalue weighted by molar-refractivity contribution is 7.80. The van der Waals surface area contributed by atoms with E-state index in [0.717, 1.165) is 0 Å². The summed E-state index contributed by atoms with van der Waals surface area (Å²) in [5, 5.41) is 0. The Bertz CT molecular complexity index is 461. The van der Waals surface area contributed by atoms with Crippen molar-refractivity contribution >= 4 is 22.2 Å². The van der Waals surface area contributed by atoms with E-state index in [1.807, 2.05) is 0 Å². The summed E-state index contributed by atoms with van der Waals surface area (Å²) >= 11 is 0. The lowest BCUT2D eigenvalue weighted by molar-refractivity contribution is -0.139. The Morgan fingerprint density at radius 2 is 2.12 bits per heavy atom. The molecule has 2 aliphatic rings. The van der Waals surface area contributed by atoms with Crippen molar-refractivity contribution in [2.24, 2.45) is 11.7 Å². The Hall–Kier alpha value is -1.19. The average molecular weight is 264 g/mol. The minimum absolute atomic E-state index is 0.229. The molecule has 8 nitrogen and oxygen atoms in total. The lowest BCUT2D eigenvalue weighted by atomic mass is 9.94. The third-order valence-electron chi connectivity index (χ3n) is 3.13. The van der Waals surface area contributed by atoms with Crippen LogP contribution in [0.25, 0.3) is 0 Å². The molecule has 0 spiro atoms. The third kappa shape index (κ3) is 2.26. The van der Waals surface area contributed by atoms with Crippen molar-refractivity contribution in [3.8, 4) is 0 Å². The molecule has 9 heteroatoms. The van der Waals surface area contributed by atoms with E-state index in [4.69, 9.17) is 10.3 Å². The predicted octanol–water partition coefficient (Wildman–Crippen LogP) is -1.72. The van der Waals surface area contributed by atoms with Crippen LogP contribution in [0.2, 0.25) is 0 Å². The van der Waals surface area contributed by atoms with Crippen molar-refractivity contribution in [1.29, 1.82) is 0 Å². The van der Waals surface area contributed by atoms with Gasteiger partial charge >= 0.3 is 10.4 Å². The molecule has 2 aliphatic heterocycles. The van der Waals surface area contributed by atoms with Gasteiger partial charge in [0.25, 0.3) is 5.91 Å². The maximum Gasteiger partial charge on any atom is 0.398 e. The summed E-state index contributed by atoms with van der Waals surface area (Å²) in [7, 11) is -4.68. The summed E-state index contributed by atoms with van der Waals surface area (Å²) in [6.45, 7) is 0.229. The molecule has 2 saturated heterocycles. The lowest BCUT2D eigenvalue weighted by Crippen LogP contribution is -2.47. The molecule has 3 atom stereocenters. The molecule has 0 aliphatic carbocycles. The first-order valence-electron chi connectivity index (χ1n) is 5.05. The van der Waals surface area contributed by atoms with Crippen LogP contribution in [-0.4, -0.2) is 48.4 Å². The van der Waals surface area contributed by atoms with E-state index in [1.165, 1.54) is 4.90 Å². The van der Waals surface area contributed by atoms with E-state index in [0.29, 0.717) is 12.8 Å². The number of amides is 2. The number of nitrogens with two attached hydrogens (primary N) is 1. The fourth-order valence-electron chi connectivity index (χ4n) is 2.40. The standard InChI is InChI=1S/C8H12N2O6S/c9-7(11)5-2-1-4-3-10(5)8(12)6(4)16-17(13,14)15/h4-6H,1-3H2,(H2,9,11)(H,13,14,15)/t4-,5-,6?/m0/s1. The molecular weight excluding hydrogens is 252 g/mol. The van der Waals surface area contributed by atoms with Gasteiger partial charge < -0.3 is 10.6 Å². The van der Waals surface area contributed by atoms with Gasteiger partial charge in [-0.1, -0.05) is 0 Å². The number of piperidine rings is 1. The zero-order chi connectivity index (χ0) is 12.8. The van der Waals surface area contributed by atoms with Crippen LogP contribution in [-0.2, 0) is 24.2 Å². The fraction of sp³-hybridized carbons (Fsp3) is 0.750. The Labute approximate surface area is 97.7 Å². The average Bonchev–Trinajstić information content (AvgIpc) is 2.42. The Morgan fingerprint density at radius 3 is 2.65 bits per heavy atom. The largest absolute Gasteiger partial charge is 0.398 e. The minimum Gasteiger partial charge on any atom is -0.368 e. The van der Waals surface area contributed by atoms with Crippen molar-refractivity contribution < 1.29 is 26.7 Å². The molecule has 0 saturated carbocycles. The van der Waals surface area contributed by atoms with Crippen LogP contribution in [0.5, 0.6) is 0 Å². The first kappa shape index (κ1) is 12.3. The number of nitrogens with zero attached hydrogens (tertiary/aromatic N) is 1. The maximum atomic E-state index is 11.8. The van der Waals surface area contributed by atoms with Crippen LogP contribution in [0.15, 0.2) is 0 Å². The number of carbonyl (C=O) groups is 2. The molecule has 2 bridgehead atoms. The maximum absolute atomic E-state index is 11.8. The summed E-state index contributed by atoms with van der Waals surface area (Å²) in [6.07, 6.45) is -0.401. The first-order chi connectivity index (χ1) is 7.79. The van der Waals surface area contributed by atoms with Crippen LogP contribution in [0.1, 0.15) is 12.8 Å². The van der Waals surface area contributed by atoms with Gasteiger partial charge in [-0.2, -0.15) is 8.42 Å². The molecule has 96 valence electrons. The van der Waals surface area contributed by atoms with Gasteiger partial charge in [-0.05, 0) is 12.8 Å². The van der Waals surface area contributed by atoms with Crippen LogP contribution >= 0.6 is 0 Å². The molecule has 0 aromatic heterocycles. The van der Waals surface area contributed by atoms with Crippen LogP contribution in [0, 0.1) is 5.92 Å². The molecule has 2 fully saturated rings. The van der Waals surface area contributed by atoms with E-state index in [1.54, 1.807) is 0 Å². The third-order valence-corrected chi connectivity index (χ3v) is 3.58. The monoisotopic (exact) mass is 264 g/mol. The number of primary amides is 1. The van der Waals surface area contributed by atoms with E-state index in [-0.39, 0.29) is 12.5 Å². The second kappa shape index (κ2) is 3.93. The van der Waals surface area contributed by atoms with Crippen LogP contribution in [0.3, 0.4) is 0 Å². The fourth-order valence-corrected chi connectivity index (χ4v) is 2.90. The molecule has 3 N–H and O–H groups in total. The molecule has 0 radical (unpaired) electrons. The Balaban J connectivity index is 2.20. The topological polar surface area (TPSA) is 127 Å². The molecule has 2 rings (SSSR count). The van der Waals surface area contributed by atoms with Crippen molar-refractivity contribution in [3.63, 3.8) is 0 Å². The first-order valence-corrected chi connectivity index (χ1v) is 6.41. The molecule has 17 heavy (non-hydrogen) atoms. The minimum atomic E-state index is -4.68. The zero-order valence-electron chi connectivity index (χ0n) is 8.77. The summed E-state index contributed by atoms with van der Waals surface area (Å²) in [5.74, 6) is -1.57. The van der Waals surface area contributed by atoms with Gasteiger partial charge in [-0.3, -0.25) is 14.1 Å². The highest BCUT2D eigenvalue weighted by Gasteiger charge is 2.50. The SMILES string of the molecule is NC(=O)[C@@H]1CC[C@H]2CN1C(=O)C2OS(=O)(=O)O. The second-order valence-corrected chi connectivity index (χ2v) is 5.24. The van der Waals surface area contributed by atoms with Gasteiger partial charge in [0, 0.05) is 12.5 Å². The van der Waals surface area contributed by atoms with Gasteiger partial charge in [0.2, 0.25) is 5.91 Å². The number of rotatable bonds is 3. The highest BCUT2D eigenvalue weighted by atomic mass is 32.3. The van der Waals surface area contributed by atoms with Crippen LogP contribution in [0.4, 0.5) is 0 Å². The predicted molar refractivity (Wildman–Crippen MR) is 53.8 cm³/mol. The summed E-state index contributed by atoms with van der Waals surface area (Å²) < 4.78 is 34.1. The zero-order valence-corrected chi connectivity index (χ0v) is 9.59. The highest BCUT2D eigenvalue weighted by Crippen LogP contribution is 2.34. The van der Waals surface area contributed by atoms with Gasteiger partial charge in [0.1, 0.15) is 6.04 Å². The van der Waals surface area contributed by atoms with Gasteiger partial charge in [-0.15, -0.1) is 0 Å². The number of hydrogen-bond donors (Lipinski definition) is 2. The molecule has 0 aromatic rings.